The van der Waals surface area contributed by atoms with Gasteiger partial charge in [-0.2, -0.15) is 10.4 Å². The molecule has 0 aromatic carbocycles. The van der Waals surface area contributed by atoms with Crippen LogP contribution in [0.3, 0.4) is 0 Å². The molecule has 0 radical (unpaired) electrons. The van der Waals surface area contributed by atoms with E-state index in [1.165, 1.54) is 6.42 Å². The topological polar surface area (TPSA) is 61.8 Å². The molecule has 1 aromatic rings. The van der Waals surface area contributed by atoms with Crippen LogP contribution in [0.2, 0.25) is 0 Å². The van der Waals surface area contributed by atoms with Gasteiger partial charge in [0.25, 0.3) is 0 Å². The molecule has 1 aromatic heterocycles. The monoisotopic (exact) mass is 275 g/mol. The Balaban J connectivity index is 2.26. The zero-order chi connectivity index (χ0) is 14.6. The van der Waals surface area contributed by atoms with Gasteiger partial charge in [-0.3, -0.25) is 4.68 Å². The highest BCUT2D eigenvalue weighted by Crippen LogP contribution is 2.48. The van der Waals surface area contributed by atoms with E-state index in [9.17, 15) is 10.4 Å². The Kier molecular flexibility index (Phi) is 4.82. The quantitative estimate of drug-likeness (QED) is 0.895. The molecular formula is C16H25N3O. The molecule has 1 N–H and O–H groups in total. The van der Waals surface area contributed by atoms with Crippen LogP contribution in [-0.4, -0.2) is 14.9 Å². The molecule has 3 unspecified atom stereocenters. The van der Waals surface area contributed by atoms with Gasteiger partial charge in [-0.1, -0.05) is 33.1 Å². The fourth-order valence-corrected chi connectivity index (χ4v) is 3.44. The average Bonchev–Trinajstić information content (AvgIpc) is 2.95. The summed E-state index contributed by atoms with van der Waals surface area (Å²) in [7, 11) is 0. The fourth-order valence-electron chi connectivity index (χ4n) is 3.44. The number of aliphatic hydroxyl groups excluding tert-OH is 1. The van der Waals surface area contributed by atoms with E-state index in [4.69, 9.17) is 0 Å². The molecule has 4 nitrogen and oxygen atoms in total. The Bertz CT molecular complexity index is 476. The summed E-state index contributed by atoms with van der Waals surface area (Å²) in [6.45, 7) is 5.05. The second-order valence-corrected chi connectivity index (χ2v) is 6.02. The van der Waals surface area contributed by atoms with Gasteiger partial charge < -0.3 is 5.11 Å². The Morgan fingerprint density at radius 3 is 3.05 bits per heavy atom. The lowest BCUT2D eigenvalue weighted by atomic mass is 9.66. The lowest BCUT2D eigenvalue weighted by molar-refractivity contribution is 0.0125. The molecule has 110 valence electrons. The standard InChI is InChI=1S/C16H25N3O/c1-3-10-19-14(7-9-18-19)15(20)16(12-17)8-5-6-13(4-2)11-16/h7,9,13,15,20H,3-6,8,10-11H2,1-2H3. The van der Waals surface area contributed by atoms with Gasteiger partial charge in [-0.25, -0.2) is 0 Å². The van der Waals surface area contributed by atoms with E-state index in [-0.39, 0.29) is 0 Å². The van der Waals surface area contributed by atoms with Crippen molar-refractivity contribution in [3.8, 4) is 6.07 Å². The number of aryl methyl sites for hydroxylation is 1. The molecule has 1 heterocycles. The van der Waals surface area contributed by atoms with Crippen LogP contribution in [0.1, 0.15) is 64.2 Å². The lowest BCUT2D eigenvalue weighted by Gasteiger charge is -2.38. The minimum absolute atomic E-state index is 0.556. The number of hydrogen-bond acceptors (Lipinski definition) is 3. The summed E-state index contributed by atoms with van der Waals surface area (Å²) in [4.78, 5) is 0. The van der Waals surface area contributed by atoms with Gasteiger partial charge in [0.05, 0.1) is 17.2 Å². The molecule has 4 heteroatoms. The minimum Gasteiger partial charge on any atom is -0.385 e. The van der Waals surface area contributed by atoms with Crippen molar-refractivity contribution >= 4 is 0 Å². The minimum atomic E-state index is -0.726. The molecule has 0 spiro atoms. The van der Waals surface area contributed by atoms with Gasteiger partial charge in [0, 0.05) is 12.7 Å². The molecule has 0 bridgehead atoms. The van der Waals surface area contributed by atoms with E-state index >= 15 is 0 Å². The molecule has 1 aliphatic carbocycles. The molecule has 2 rings (SSSR count). The van der Waals surface area contributed by atoms with E-state index in [0.717, 1.165) is 44.3 Å². The van der Waals surface area contributed by atoms with Gasteiger partial charge in [0.15, 0.2) is 0 Å². The molecule has 1 aliphatic rings. The van der Waals surface area contributed by atoms with Crippen LogP contribution in [0.15, 0.2) is 12.3 Å². The Morgan fingerprint density at radius 1 is 1.60 bits per heavy atom. The zero-order valence-corrected chi connectivity index (χ0v) is 12.5. The van der Waals surface area contributed by atoms with Crippen LogP contribution in [0.25, 0.3) is 0 Å². The third-order valence-electron chi connectivity index (χ3n) is 4.68. The summed E-state index contributed by atoms with van der Waals surface area (Å²) < 4.78 is 1.85. The lowest BCUT2D eigenvalue weighted by Crippen LogP contribution is -2.34. The molecule has 20 heavy (non-hydrogen) atoms. The van der Waals surface area contributed by atoms with Gasteiger partial charge in [-0.05, 0) is 31.2 Å². The first-order chi connectivity index (χ1) is 9.66. The number of aromatic nitrogens is 2. The SMILES string of the molecule is CCCn1nccc1C(O)C1(C#N)CCCC(CC)C1. The summed E-state index contributed by atoms with van der Waals surface area (Å²) in [6, 6.07) is 4.30. The van der Waals surface area contributed by atoms with Crippen molar-refractivity contribution in [1.29, 1.82) is 5.26 Å². The number of nitriles is 1. The van der Waals surface area contributed by atoms with Crippen LogP contribution in [-0.2, 0) is 6.54 Å². The summed E-state index contributed by atoms with van der Waals surface area (Å²) in [6.07, 6.45) is 6.86. The summed E-state index contributed by atoms with van der Waals surface area (Å²) in [5.74, 6) is 0.556. The molecule has 3 atom stereocenters. The predicted octanol–water partition coefficient (Wildman–Crippen LogP) is 3.44. The summed E-state index contributed by atoms with van der Waals surface area (Å²) in [5, 5.41) is 24.8. The highest BCUT2D eigenvalue weighted by Gasteiger charge is 2.44. The van der Waals surface area contributed by atoms with Crippen molar-refractivity contribution in [3.63, 3.8) is 0 Å². The van der Waals surface area contributed by atoms with Gasteiger partial charge in [-0.15, -0.1) is 0 Å². The summed E-state index contributed by atoms with van der Waals surface area (Å²) >= 11 is 0. The smallest absolute Gasteiger partial charge is 0.114 e. The normalized spacial score (nSPS) is 28.0. The zero-order valence-electron chi connectivity index (χ0n) is 12.5. The van der Waals surface area contributed by atoms with Crippen LogP contribution >= 0.6 is 0 Å². The Labute approximate surface area is 121 Å². The van der Waals surface area contributed by atoms with E-state index in [1.54, 1.807) is 6.20 Å². The largest absolute Gasteiger partial charge is 0.385 e. The molecule has 0 aliphatic heterocycles. The first-order valence-corrected chi connectivity index (χ1v) is 7.78. The third-order valence-corrected chi connectivity index (χ3v) is 4.68. The van der Waals surface area contributed by atoms with Gasteiger partial charge in [0.1, 0.15) is 6.10 Å². The van der Waals surface area contributed by atoms with Crippen molar-refractivity contribution in [2.75, 3.05) is 0 Å². The van der Waals surface area contributed by atoms with Gasteiger partial charge >= 0.3 is 0 Å². The first kappa shape index (κ1) is 15.1. The molecule has 0 amide bonds. The highest BCUT2D eigenvalue weighted by molar-refractivity contribution is 5.16. The van der Waals surface area contributed by atoms with Crippen molar-refractivity contribution in [3.05, 3.63) is 18.0 Å². The second kappa shape index (κ2) is 6.41. The average molecular weight is 275 g/mol. The van der Waals surface area contributed by atoms with Crippen LogP contribution in [0, 0.1) is 22.7 Å². The molecule has 1 saturated carbocycles. The Morgan fingerprint density at radius 2 is 2.40 bits per heavy atom. The maximum absolute atomic E-state index is 10.8. The van der Waals surface area contributed by atoms with Crippen molar-refractivity contribution in [1.82, 2.24) is 9.78 Å². The van der Waals surface area contributed by atoms with E-state index < -0.39 is 11.5 Å². The number of nitrogens with zero attached hydrogens (tertiary/aromatic N) is 3. The highest BCUT2D eigenvalue weighted by atomic mass is 16.3. The maximum atomic E-state index is 10.8. The first-order valence-electron chi connectivity index (χ1n) is 7.78. The number of hydrogen-bond donors (Lipinski definition) is 1. The third kappa shape index (κ3) is 2.73. The molecule has 0 saturated heterocycles. The van der Waals surface area contributed by atoms with E-state index in [1.807, 2.05) is 10.7 Å². The predicted molar refractivity (Wildman–Crippen MR) is 77.8 cm³/mol. The number of aliphatic hydroxyl groups is 1. The molecule has 1 fully saturated rings. The maximum Gasteiger partial charge on any atom is 0.114 e. The Hall–Kier alpha value is -1.34. The van der Waals surface area contributed by atoms with Crippen molar-refractivity contribution in [2.24, 2.45) is 11.3 Å². The van der Waals surface area contributed by atoms with Crippen LogP contribution in [0.5, 0.6) is 0 Å². The van der Waals surface area contributed by atoms with Gasteiger partial charge in [0.2, 0.25) is 0 Å². The van der Waals surface area contributed by atoms with Crippen LogP contribution in [0.4, 0.5) is 0 Å². The summed E-state index contributed by atoms with van der Waals surface area (Å²) in [5.41, 5.74) is 0.162. The number of rotatable bonds is 5. The van der Waals surface area contributed by atoms with E-state index in [2.05, 4.69) is 25.0 Å². The van der Waals surface area contributed by atoms with E-state index in [0.29, 0.717) is 5.92 Å². The van der Waals surface area contributed by atoms with Crippen molar-refractivity contribution in [2.45, 2.75) is 65.0 Å². The molecular weight excluding hydrogens is 250 g/mol. The fraction of sp³-hybridized carbons (Fsp3) is 0.750. The van der Waals surface area contributed by atoms with Crippen molar-refractivity contribution < 1.29 is 5.11 Å². The second-order valence-electron chi connectivity index (χ2n) is 6.02. The van der Waals surface area contributed by atoms with Crippen LogP contribution < -0.4 is 0 Å².